The van der Waals surface area contributed by atoms with E-state index in [0.717, 1.165) is 73.9 Å². The van der Waals surface area contributed by atoms with E-state index in [1.807, 2.05) is 0 Å². The molecule has 0 aliphatic carbocycles. The van der Waals surface area contributed by atoms with Gasteiger partial charge in [-0.25, -0.2) is 19.3 Å². The average Bonchev–Trinajstić information content (AvgIpc) is 3.84. The second-order valence-corrected chi connectivity index (χ2v) is 22.7. The summed E-state index contributed by atoms with van der Waals surface area (Å²) in [6.45, 7) is 2.22. The summed E-state index contributed by atoms with van der Waals surface area (Å²) in [7, 11) is -17.6. The fourth-order valence-electron chi connectivity index (χ4n) is 7.08. The number of carbonyl (C=O) groups excluding carboxylic acids is 3. The Balaban J connectivity index is 1.29. The topological polar surface area (TPSA) is 395 Å². The summed E-state index contributed by atoms with van der Waals surface area (Å²) in [4.78, 5) is 97.0. The number of aromatic nitrogens is 4. The number of hydrogen-bond acceptors (Lipinski definition) is 23. The van der Waals surface area contributed by atoms with E-state index < -0.39 is 90.7 Å². The van der Waals surface area contributed by atoms with Crippen LogP contribution < -0.4 is 35.9 Å². The summed E-state index contributed by atoms with van der Waals surface area (Å²) >= 11 is 0.984. The fraction of sp³-hybridized carbons (Fsp3) is 0.756. The maximum Gasteiger partial charge on any atom is 0.274 e. The van der Waals surface area contributed by atoms with E-state index in [1.54, 1.807) is 0 Å². The lowest BCUT2D eigenvalue weighted by Gasteiger charge is -2.36. The summed E-state index contributed by atoms with van der Waals surface area (Å²) in [5, 5.41) is 36.4. The summed E-state index contributed by atoms with van der Waals surface area (Å²) < 4.78 is 60.8. The van der Waals surface area contributed by atoms with Crippen molar-refractivity contribution in [3.05, 3.63) is 24.8 Å². The number of imidazole rings is 1. The molecule has 3 rings (SSSR count). The molecule has 0 aromatic carbocycles. The molecule has 70 heavy (non-hydrogen) atoms. The van der Waals surface area contributed by atoms with E-state index in [-0.39, 0.29) is 53.8 Å². The minimum absolute atomic E-state index is 0.00832. The Morgan fingerprint density at radius 1 is 0.914 bits per heavy atom. The van der Waals surface area contributed by atoms with E-state index >= 15 is 0 Å². The monoisotopic (exact) mass is 1070 g/mol. The normalized spacial score (nSPS) is 20.3. The highest BCUT2D eigenvalue weighted by Gasteiger charge is 2.47. The Kier molecular flexibility index (Phi) is 26.8. The molecular weight excluding hydrogens is 1000 g/mol. The number of phosphoric ester groups is 3. The van der Waals surface area contributed by atoms with Crippen LogP contribution in [0.5, 0.6) is 0 Å². The number of unbranched alkanes of at least 4 members (excludes halogenated alkanes) is 11. The molecule has 1 aliphatic heterocycles. The van der Waals surface area contributed by atoms with E-state index in [1.165, 1.54) is 52.4 Å². The lowest BCUT2D eigenvalue weighted by molar-refractivity contribution is -0.347. The number of fused-ring (bicyclic) bond motifs is 1. The number of carbonyl (C=O) groups is 3. The van der Waals surface area contributed by atoms with Crippen LogP contribution in [0.4, 0.5) is 5.82 Å². The van der Waals surface area contributed by atoms with Gasteiger partial charge in [0.15, 0.2) is 22.8 Å². The molecular formula is C41H68N7O18P3S-4. The molecule has 0 radical (unpaired) electrons. The molecule has 0 saturated carbocycles. The quantitative estimate of drug-likeness (QED) is 0.0322. The zero-order valence-corrected chi connectivity index (χ0v) is 43.2. The number of amides is 2. The van der Waals surface area contributed by atoms with Crippen LogP contribution in [-0.2, 0) is 50.7 Å². The zero-order valence-electron chi connectivity index (χ0n) is 39.7. The number of nitrogens with two attached hydrogens (primary N) is 1. The number of nitrogens with zero attached hydrogens (tertiary/aromatic N) is 4. The van der Waals surface area contributed by atoms with Crippen molar-refractivity contribution in [2.45, 2.75) is 160 Å². The highest BCUT2D eigenvalue weighted by Crippen LogP contribution is 2.56. The molecule has 8 atom stereocenters. The molecule has 1 aliphatic rings. The lowest BCUT2D eigenvalue weighted by Crippen LogP contribution is -2.46. The molecule has 2 amide bonds. The number of aliphatic hydroxyl groups excluding tert-OH is 3. The standard InChI is InChI=1S/C41H72N7O18P3S/c1-4-5-6-7-8-9-10-11-12-13-14-15-16-17-18-19-29(49)24-32(51)70-23-22-43-31(50)20-21-44-39(54)36(53)41(2,3)26-63-69(60,61)66-68(58,59)62-25-30-35(65-67(55,56)57)34(52)40(64-30)48-28-47-33-37(42)45-27-46-38(33)48/h11-12,27-30,34-36,40,49,52-53H,4-10,13-26H2,1-3H3,(H,43,50)(H,44,54)(H,58,59)(H,60,61)(H2,42,45,46)(H2,55,56,57)/p-4/b12-11-/t29-,30+,34+,35+,36-,40+/m0/s1. The van der Waals surface area contributed by atoms with Crippen molar-refractivity contribution in [2.75, 3.05) is 37.8 Å². The SMILES string of the molecule is CCCCCCCC/C=C\CCCCCCC[C@H](O)CC(=O)SCCNC(=O)CCNC(=O)[C@H](O)C(C)(C)COP(=O)([O-])OP(=O)([O-])OC[C@H]1O[C@@H](n2cnc3c(N)ncnc32)[C@H](O)[C@@H]1OP(=O)([O-])[O-]. The average molecular weight is 1070 g/mol. The van der Waals surface area contributed by atoms with Crippen LogP contribution in [-0.4, -0.2) is 114 Å². The largest absolute Gasteiger partial charge is 0.790 e. The van der Waals surface area contributed by atoms with Crippen molar-refractivity contribution in [2.24, 2.45) is 5.41 Å². The molecule has 2 aromatic heterocycles. The van der Waals surface area contributed by atoms with Gasteiger partial charge in [-0.2, -0.15) is 0 Å². The van der Waals surface area contributed by atoms with Crippen molar-refractivity contribution in [3.63, 3.8) is 0 Å². The molecule has 1 fully saturated rings. The summed E-state index contributed by atoms with van der Waals surface area (Å²) in [6.07, 6.45) is 12.0. The lowest BCUT2D eigenvalue weighted by atomic mass is 9.87. The molecule has 0 spiro atoms. The number of nitrogen functional groups attached to an aromatic ring is 1. The first-order valence-corrected chi connectivity index (χ1v) is 28.6. The second-order valence-electron chi connectivity index (χ2n) is 17.4. The number of rotatable bonds is 36. The third-order valence-corrected chi connectivity index (χ3v) is 14.9. The second kappa shape index (κ2) is 30.5. The number of allylic oxidation sites excluding steroid dienone is 2. The van der Waals surface area contributed by atoms with Crippen LogP contribution in [0.15, 0.2) is 24.8 Å². The number of aliphatic hydroxyl groups is 3. The van der Waals surface area contributed by atoms with Gasteiger partial charge in [0.2, 0.25) is 11.8 Å². The third kappa shape index (κ3) is 23.0. The zero-order chi connectivity index (χ0) is 52.0. The van der Waals surface area contributed by atoms with Gasteiger partial charge in [-0.05, 0) is 32.1 Å². The Labute approximate surface area is 411 Å². The summed E-state index contributed by atoms with van der Waals surface area (Å²) in [5.41, 5.74) is 4.06. The molecule has 29 heteroatoms. The van der Waals surface area contributed by atoms with Gasteiger partial charge in [0, 0.05) is 37.1 Å². The molecule has 7 N–H and O–H groups in total. The Bertz CT molecular complexity index is 2120. The molecule has 2 unspecified atom stereocenters. The van der Waals surface area contributed by atoms with Crippen molar-refractivity contribution in [3.8, 4) is 0 Å². The molecule has 2 aromatic rings. The van der Waals surface area contributed by atoms with Crippen LogP contribution in [0.3, 0.4) is 0 Å². The predicted octanol–water partition coefficient (Wildman–Crippen LogP) is 1.93. The van der Waals surface area contributed by atoms with Gasteiger partial charge in [0.05, 0.1) is 33.5 Å². The van der Waals surface area contributed by atoms with Crippen LogP contribution in [0.1, 0.15) is 130 Å². The van der Waals surface area contributed by atoms with E-state index in [9.17, 15) is 63.0 Å². The van der Waals surface area contributed by atoms with Gasteiger partial charge in [-0.15, -0.1) is 0 Å². The first-order valence-electron chi connectivity index (χ1n) is 23.3. The minimum Gasteiger partial charge on any atom is -0.790 e. The molecule has 25 nitrogen and oxygen atoms in total. The van der Waals surface area contributed by atoms with Gasteiger partial charge in [0.25, 0.3) is 15.6 Å². The maximum absolute atomic E-state index is 12.7. The Hall–Kier alpha value is -2.74. The molecule has 3 heterocycles. The van der Waals surface area contributed by atoms with Gasteiger partial charge in [-0.3, -0.25) is 28.1 Å². The van der Waals surface area contributed by atoms with Crippen molar-refractivity contribution in [1.82, 2.24) is 30.2 Å². The van der Waals surface area contributed by atoms with Gasteiger partial charge in [-0.1, -0.05) is 102 Å². The predicted molar refractivity (Wildman–Crippen MR) is 248 cm³/mol. The maximum atomic E-state index is 12.7. The third-order valence-electron chi connectivity index (χ3n) is 10.9. The first-order chi connectivity index (χ1) is 32.9. The highest BCUT2D eigenvalue weighted by atomic mass is 32.2. The summed E-state index contributed by atoms with van der Waals surface area (Å²) in [6, 6.07) is 0. The number of hydrogen-bond donors (Lipinski definition) is 6. The Morgan fingerprint density at radius 2 is 1.54 bits per heavy atom. The van der Waals surface area contributed by atoms with Gasteiger partial charge < -0.3 is 74.1 Å². The van der Waals surface area contributed by atoms with E-state index in [2.05, 4.69) is 62.5 Å². The Morgan fingerprint density at radius 3 is 2.20 bits per heavy atom. The number of phosphoric acid groups is 3. The van der Waals surface area contributed by atoms with Crippen LogP contribution in [0.2, 0.25) is 0 Å². The van der Waals surface area contributed by atoms with E-state index in [0.29, 0.717) is 6.42 Å². The highest BCUT2D eigenvalue weighted by molar-refractivity contribution is 8.13. The van der Waals surface area contributed by atoms with Crippen molar-refractivity contribution in [1.29, 1.82) is 0 Å². The molecule has 0 bridgehead atoms. The molecule has 1 saturated heterocycles. The van der Waals surface area contributed by atoms with Crippen LogP contribution in [0, 0.1) is 5.41 Å². The number of ether oxygens (including phenoxy) is 1. The summed E-state index contributed by atoms with van der Waals surface area (Å²) in [5.74, 6) is -1.33. The van der Waals surface area contributed by atoms with Crippen LogP contribution in [0.25, 0.3) is 11.2 Å². The van der Waals surface area contributed by atoms with Crippen molar-refractivity contribution < 1.29 is 85.6 Å². The van der Waals surface area contributed by atoms with Gasteiger partial charge >= 0.3 is 0 Å². The number of anilines is 1. The van der Waals surface area contributed by atoms with Gasteiger partial charge in [0.1, 0.15) is 36.3 Å². The van der Waals surface area contributed by atoms with E-state index in [4.69, 9.17) is 10.5 Å². The minimum atomic E-state index is -5.93. The fourth-order valence-corrected chi connectivity index (χ4v) is 10.6. The van der Waals surface area contributed by atoms with Crippen molar-refractivity contribution >= 4 is 69.1 Å². The smallest absolute Gasteiger partial charge is 0.274 e. The number of thioether (sulfide) groups is 1. The number of nitrogens with one attached hydrogen (secondary N) is 2. The first kappa shape index (κ1) is 61.6. The van der Waals surface area contributed by atoms with Crippen LogP contribution >= 0.6 is 35.2 Å². The molecule has 400 valence electrons.